The van der Waals surface area contributed by atoms with Crippen molar-refractivity contribution in [1.29, 1.82) is 0 Å². The van der Waals surface area contributed by atoms with Crippen molar-refractivity contribution in [1.82, 2.24) is 4.90 Å². The molecule has 3 atom stereocenters. The highest BCUT2D eigenvalue weighted by molar-refractivity contribution is 5.26. The van der Waals surface area contributed by atoms with Crippen LogP contribution in [0.3, 0.4) is 0 Å². The first-order valence-electron chi connectivity index (χ1n) is 10.3. The lowest BCUT2D eigenvalue weighted by molar-refractivity contribution is -0.253. The average Bonchev–Trinajstić information content (AvgIpc) is 2.79. The number of nitrogens with zero attached hydrogens (tertiary/aromatic N) is 1. The van der Waals surface area contributed by atoms with Gasteiger partial charge in [-0.05, 0) is 16.7 Å². The van der Waals surface area contributed by atoms with Gasteiger partial charge in [-0.1, -0.05) is 48.5 Å². The minimum absolute atomic E-state index is 0.0463. The zero-order valence-electron chi connectivity index (χ0n) is 16.7. The molecule has 4 rings (SSSR count). The van der Waals surface area contributed by atoms with E-state index in [1.165, 1.54) is 0 Å². The standard InChI is InChI=1S/C23H30N2O4/c24-14-17-1-7-20(8-2-17)23-28-21(15-25-9-11-27-12-10-25)13-22(29-23)19-5-3-18(16-26)4-6-19/h1-8,21-23,26H,9-16,24H2. The molecule has 0 saturated carbocycles. The fourth-order valence-corrected chi connectivity index (χ4v) is 3.92. The SMILES string of the molecule is NCc1ccc(C2OC(CN3CCOCC3)CC(c3ccc(CO)cc3)O2)cc1. The Morgan fingerprint density at radius 3 is 2.21 bits per heavy atom. The smallest absolute Gasteiger partial charge is 0.184 e. The Kier molecular flexibility index (Phi) is 6.92. The highest BCUT2D eigenvalue weighted by atomic mass is 16.7. The third-order valence-corrected chi connectivity index (χ3v) is 5.67. The normalized spacial score (nSPS) is 25.8. The van der Waals surface area contributed by atoms with Crippen LogP contribution < -0.4 is 5.73 Å². The summed E-state index contributed by atoms with van der Waals surface area (Å²) in [7, 11) is 0. The van der Waals surface area contributed by atoms with Crippen molar-refractivity contribution in [3.05, 3.63) is 70.8 Å². The second-order valence-corrected chi connectivity index (χ2v) is 7.71. The monoisotopic (exact) mass is 398 g/mol. The van der Waals surface area contributed by atoms with Gasteiger partial charge in [0.2, 0.25) is 0 Å². The fraction of sp³-hybridized carbons (Fsp3) is 0.478. The van der Waals surface area contributed by atoms with E-state index in [2.05, 4.69) is 4.90 Å². The van der Waals surface area contributed by atoms with E-state index in [9.17, 15) is 5.11 Å². The first kappa shape index (κ1) is 20.5. The van der Waals surface area contributed by atoms with Gasteiger partial charge in [0.15, 0.2) is 6.29 Å². The largest absolute Gasteiger partial charge is 0.392 e. The van der Waals surface area contributed by atoms with Crippen molar-refractivity contribution in [2.24, 2.45) is 5.73 Å². The molecular formula is C23H30N2O4. The van der Waals surface area contributed by atoms with Gasteiger partial charge in [-0.25, -0.2) is 0 Å². The number of hydrogen-bond donors (Lipinski definition) is 2. The predicted molar refractivity (Wildman–Crippen MR) is 110 cm³/mol. The summed E-state index contributed by atoms with van der Waals surface area (Å²) in [5.74, 6) is 0. The molecule has 6 heteroatoms. The molecule has 2 aliphatic heterocycles. The van der Waals surface area contributed by atoms with Gasteiger partial charge in [0.05, 0.1) is 32.0 Å². The molecule has 156 valence electrons. The Labute approximate surface area is 172 Å². The molecule has 2 aliphatic rings. The van der Waals surface area contributed by atoms with Crippen molar-refractivity contribution < 1.29 is 19.3 Å². The molecule has 2 aromatic carbocycles. The molecular weight excluding hydrogens is 368 g/mol. The lowest BCUT2D eigenvalue weighted by atomic mass is 9.99. The Morgan fingerprint density at radius 2 is 1.55 bits per heavy atom. The van der Waals surface area contributed by atoms with Crippen molar-refractivity contribution >= 4 is 0 Å². The molecule has 0 aliphatic carbocycles. The topological polar surface area (TPSA) is 77.2 Å². The molecule has 2 fully saturated rings. The lowest BCUT2D eigenvalue weighted by Crippen LogP contribution is -2.44. The summed E-state index contributed by atoms with van der Waals surface area (Å²) < 4.78 is 18.2. The maximum absolute atomic E-state index is 9.32. The van der Waals surface area contributed by atoms with Crippen LogP contribution in [0.25, 0.3) is 0 Å². The molecule has 0 spiro atoms. The molecule has 6 nitrogen and oxygen atoms in total. The van der Waals surface area contributed by atoms with Crippen molar-refractivity contribution in [2.45, 2.75) is 38.1 Å². The van der Waals surface area contributed by atoms with Crippen molar-refractivity contribution in [3.8, 4) is 0 Å². The van der Waals surface area contributed by atoms with Gasteiger partial charge in [-0.2, -0.15) is 0 Å². The molecule has 0 bridgehead atoms. The molecule has 29 heavy (non-hydrogen) atoms. The Bertz CT molecular complexity index is 704. The van der Waals surface area contributed by atoms with E-state index in [0.717, 1.165) is 61.5 Å². The van der Waals surface area contributed by atoms with Gasteiger partial charge in [-0.3, -0.25) is 4.90 Å². The Hall–Kier alpha value is -1.80. The minimum atomic E-state index is -0.413. The van der Waals surface area contributed by atoms with Crippen LogP contribution >= 0.6 is 0 Å². The summed E-state index contributed by atoms with van der Waals surface area (Å²) in [6, 6.07) is 16.1. The van der Waals surface area contributed by atoms with Crippen molar-refractivity contribution in [2.75, 3.05) is 32.8 Å². The highest BCUT2D eigenvalue weighted by Crippen LogP contribution is 2.38. The average molecular weight is 399 g/mol. The second-order valence-electron chi connectivity index (χ2n) is 7.71. The molecule has 3 N–H and O–H groups in total. The van der Waals surface area contributed by atoms with Gasteiger partial charge in [0.1, 0.15) is 0 Å². The quantitative estimate of drug-likeness (QED) is 0.779. The van der Waals surface area contributed by atoms with Crippen LogP contribution in [0.4, 0.5) is 0 Å². The number of hydrogen-bond acceptors (Lipinski definition) is 6. The number of nitrogens with two attached hydrogens (primary N) is 1. The van der Waals surface area contributed by atoms with Crippen molar-refractivity contribution in [3.63, 3.8) is 0 Å². The third-order valence-electron chi connectivity index (χ3n) is 5.67. The molecule has 0 amide bonds. The summed E-state index contributed by atoms with van der Waals surface area (Å²) >= 11 is 0. The van der Waals surface area contributed by atoms with Crippen LogP contribution in [0.1, 0.15) is 41.1 Å². The molecule has 2 aromatic rings. The van der Waals surface area contributed by atoms with Crippen LogP contribution in [-0.4, -0.2) is 49.0 Å². The van der Waals surface area contributed by atoms with Gasteiger partial charge in [0, 0.05) is 38.2 Å². The molecule has 0 radical (unpaired) electrons. The van der Waals surface area contributed by atoms with Crippen LogP contribution in [0.2, 0.25) is 0 Å². The van der Waals surface area contributed by atoms with E-state index in [0.29, 0.717) is 6.54 Å². The van der Waals surface area contributed by atoms with E-state index >= 15 is 0 Å². The van der Waals surface area contributed by atoms with Crippen LogP contribution in [0, 0.1) is 0 Å². The third kappa shape index (κ3) is 5.22. The maximum atomic E-state index is 9.32. The summed E-state index contributed by atoms with van der Waals surface area (Å²) in [6.45, 7) is 4.86. The van der Waals surface area contributed by atoms with Gasteiger partial charge < -0.3 is 25.1 Å². The van der Waals surface area contributed by atoms with Crippen LogP contribution in [-0.2, 0) is 27.4 Å². The van der Waals surface area contributed by atoms with Gasteiger partial charge in [0.25, 0.3) is 0 Å². The second kappa shape index (κ2) is 9.80. The summed E-state index contributed by atoms with van der Waals surface area (Å²) in [5.41, 5.74) is 9.84. The van der Waals surface area contributed by atoms with E-state index in [1.807, 2.05) is 48.5 Å². The number of morpholine rings is 1. The predicted octanol–water partition coefficient (Wildman–Crippen LogP) is 2.52. The summed E-state index contributed by atoms with van der Waals surface area (Å²) in [6.07, 6.45) is 0.405. The minimum Gasteiger partial charge on any atom is -0.392 e. The summed E-state index contributed by atoms with van der Waals surface area (Å²) in [4.78, 5) is 2.40. The molecule has 3 unspecified atom stereocenters. The zero-order valence-corrected chi connectivity index (χ0v) is 16.7. The van der Waals surface area contributed by atoms with Crippen LogP contribution in [0.5, 0.6) is 0 Å². The van der Waals surface area contributed by atoms with E-state index in [-0.39, 0.29) is 18.8 Å². The zero-order chi connectivity index (χ0) is 20.1. The highest BCUT2D eigenvalue weighted by Gasteiger charge is 2.33. The molecule has 2 heterocycles. The molecule has 0 aromatic heterocycles. The maximum Gasteiger partial charge on any atom is 0.184 e. The number of benzene rings is 2. The fourth-order valence-electron chi connectivity index (χ4n) is 3.92. The summed E-state index contributed by atoms with van der Waals surface area (Å²) in [5, 5.41) is 9.32. The number of aliphatic hydroxyl groups excluding tert-OH is 1. The first-order valence-corrected chi connectivity index (χ1v) is 10.3. The first-order chi connectivity index (χ1) is 14.2. The Balaban J connectivity index is 1.53. The number of aliphatic hydroxyl groups is 1. The Morgan fingerprint density at radius 1 is 0.897 bits per heavy atom. The number of ether oxygens (including phenoxy) is 3. The van der Waals surface area contributed by atoms with Crippen LogP contribution in [0.15, 0.2) is 48.5 Å². The van der Waals surface area contributed by atoms with E-state index in [1.54, 1.807) is 0 Å². The number of rotatable bonds is 6. The molecule has 2 saturated heterocycles. The van der Waals surface area contributed by atoms with Gasteiger partial charge >= 0.3 is 0 Å². The van der Waals surface area contributed by atoms with E-state index < -0.39 is 6.29 Å². The lowest BCUT2D eigenvalue weighted by Gasteiger charge is -2.39. The van der Waals surface area contributed by atoms with E-state index in [4.69, 9.17) is 19.9 Å². The van der Waals surface area contributed by atoms with Gasteiger partial charge in [-0.15, -0.1) is 0 Å².